The van der Waals surface area contributed by atoms with Gasteiger partial charge in [0.25, 0.3) is 0 Å². The summed E-state index contributed by atoms with van der Waals surface area (Å²) in [6.45, 7) is 1.86. The second-order valence-electron chi connectivity index (χ2n) is 8.13. The highest BCUT2D eigenvalue weighted by molar-refractivity contribution is 6.30. The summed E-state index contributed by atoms with van der Waals surface area (Å²) in [6.07, 6.45) is 6.59. The zero-order chi connectivity index (χ0) is 21.5. The van der Waals surface area contributed by atoms with Gasteiger partial charge in [0, 0.05) is 37.2 Å². The number of hydrogen-bond acceptors (Lipinski definition) is 3. The molecule has 2 aromatic carbocycles. The Morgan fingerprint density at radius 2 is 1.52 bits per heavy atom. The number of carbonyl (C=O) groups is 1. The van der Waals surface area contributed by atoms with Crippen LogP contribution in [0.4, 0.5) is 0 Å². The van der Waals surface area contributed by atoms with E-state index in [9.17, 15) is 4.79 Å². The van der Waals surface area contributed by atoms with Crippen molar-refractivity contribution in [1.82, 2.24) is 10.3 Å². The third-order valence-corrected chi connectivity index (χ3v) is 6.31. The summed E-state index contributed by atoms with van der Waals surface area (Å²) in [5.41, 5.74) is 4.21. The first-order valence-electron chi connectivity index (χ1n) is 10.7. The number of amides is 1. The Balaban J connectivity index is 1.42. The molecule has 0 atom stereocenters. The standard InChI is InChI=1S/C26H27ClN2O2/c27-24-7-3-20(4-8-24)9-16-29-25(30)26(12-17-31-18-13-26)19-21-1-5-22(6-2-21)23-10-14-28-15-11-23/h1-8,10-11,14-15H,9,12-13,16-19H2,(H,29,30). The average molecular weight is 435 g/mol. The molecule has 4 nitrogen and oxygen atoms in total. The number of benzene rings is 2. The lowest BCUT2D eigenvalue weighted by Crippen LogP contribution is -2.46. The summed E-state index contributed by atoms with van der Waals surface area (Å²) >= 11 is 5.95. The van der Waals surface area contributed by atoms with Gasteiger partial charge in [0.05, 0.1) is 5.41 Å². The van der Waals surface area contributed by atoms with Crippen molar-refractivity contribution in [2.75, 3.05) is 19.8 Å². The fourth-order valence-electron chi connectivity index (χ4n) is 4.16. The van der Waals surface area contributed by atoms with Crippen molar-refractivity contribution in [3.8, 4) is 11.1 Å². The fourth-order valence-corrected chi connectivity index (χ4v) is 4.28. The molecular weight excluding hydrogens is 408 g/mol. The third kappa shape index (κ3) is 5.52. The number of ether oxygens (including phenoxy) is 1. The predicted octanol–water partition coefficient (Wildman–Crippen LogP) is 5.10. The molecular formula is C26H27ClN2O2. The van der Waals surface area contributed by atoms with Gasteiger partial charge in [-0.1, -0.05) is 48.0 Å². The highest BCUT2D eigenvalue weighted by Gasteiger charge is 2.39. The second kappa shape index (κ2) is 10.1. The molecule has 0 aliphatic carbocycles. The van der Waals surface area contributed by atoms with Gasteiger partial charge in [0.2, 0.25) is 5.91 Å². The second-order valence-corrected chi connectivity index (χ2v) is 8.57. The summed E-state index contributed by atoms with van der Waals surface area (Å²) in [5, 5.41) is 3.91. The molecule has 5 heteroatoms. The molecule has 1 aliphatic heterocycles. The summed E-state index contributed by atoms with van der Waals surface area (Å²) in [4.78, 5) is 17.3. The zero-order valence-electron chi connectivity index (χ0n) is 17.5. The van der Waals surface area contributed by atoms with Crippen molar-refractivity contribution >= 4 is 17.5 Å². The fraction of sp³-hybridized carbons (Fsp3) is 0.308. The number of halogens is 1. The van der Waals surface area contributed by atoms with E-state index in [2.05, 4.69) is 34.6 Å². The molecule has 3 aromatic rings. The topological polar surface area (TPSA) is 51.2 Å². The Morgan fingerprint density at radius 3 is 2.19 bits per heavy atom. The quantitative estimate of drug-likeness (QED) is 0.562. The molecule has 4 rings (SSSR count). The lowest BCUT2D eigenvalue weighted by Gasteiger charge is -2.36. The molecule has 1 N–H and O–H groups in total. The van der Waals surface area contributed by atoms with Crippen LogP contribution in [0.1, 0.15) is 24.0 Å². The van der Waals surface area contributed by atoms with Gasteiger partial charge in [-0.2, -0.15) is 0 Å². The number of nitrogens with one attached hydrogen (secondary N) is 1. The smallest absolute Gasteiger partial charge is 0.226 e. The summed E-state index contributed by atoms with van der Waals surface area (Å²) < 4.78 is 5.58. The van der Waals surface area contributed by atoms with E-state index in [0.717, 1.165) is 47.4 Å². The lowest BCUT2D eigenvalue weighted by atomic mass is 9.74. The Kier molecular flexibility index (Phi) is 7.00. The molecule has 160 valence electrons. The van der Waals surface area contributed by atoms with E-state index in [-0.39, 0.29) is 5.91 Å². The van der Waals surface area contributed by atoms with E-state index in [1.165, 1.54) is 5.56 Å². The number of nitrogens with zero attached hydrogens (tertiary/aromatic N) is 1. The van der Waals surface area contributed by atoms with Gasteiger partial charge in [-0.25, -0.2) is 0 Å². The summed E-state index contributed by atoms with van der Waals surface area (Å²) in [5.74, 6) is 0.128. The van der Waals surface area contributed by atoms with Gasteiger partial charge in [-0.3, -0.25) is 9.78 Å². The first kappa shape index (κ1) is 21.5. The largest absolute Gasteiger partial charge is 0.381 e. The van der Waals surface area contributed by atoms with Crippen LogP contribution in [0.25, 0.3) is 11.1 Å². The minimum Gasteiger partial charge on any atom is -0.381 e. The van der Waals surface area contributed by atoms with Crippen LogP contribution in [-0.2, 0) is 22.4 Å². The molecule has 1 aromatic heterocycles. The van der Waals surface area contributed by atoms with Crippen LogP contribution >= 0.6 is 11.6 Å². The molecule has 31 heavy (non-hydrogen) atoms. The van der Waals surface area contributed by atoms with E-state index in [4.69, 9.17) is 16.3 Å². The summed E-state index contributed by atoms with van der Waals surface area (Å²) in [7, 11) is 0. The van der Waals surface area contributed by atoms with Crippen LogP contribution in [0, 0.1) is 5.41 Å². The van der Waals surface area contributed by atoms with Gasteiger partial charge in [0.1, 0.15) is 0 Å². The van der Waals surface area contributed by atoms with Gasteiger partial charge in [-0.15, -0.1) is 0 Å². The Labute approximate surface area is 188 Å². The number of pyridine rings is 1. The number of rotatable bonds is 7. The monoisotopic (exact) mass is 434 g/mol. The minimum absolute atomic E-state index is 0.128. The Hall–Kier alpha value is -2.69. The average Bonchev–Trinajstić information content (AvgIpc) is 2.82. The van der Waals surface area contributed by atoms with Crippen molar-refractivity contribution in [2.24, 2.45) is 5.41 Å². The Morgan fingerprint density at radius 1 is 0.903 bits per heavy atom. The molecule has 1 saturated heterocycles. The van der Waals surface area contributed by atoms with Gasteiger partial charge >= 0.3 is 0 Å². The molecule has 1 aliphatic rings. The first-order chi connectivity index (χ1) is 15.1. The number of hydrogen-bond donors (Lipinski definition) is 1. The van der Waals surface area contributed by atoms with Gasteiger partial charge in [0.15, 0.2) is 0 Å². The van der Waals surface area contributed by atoms with E-state index in [1.807, 2.05) is 36.4 Å². The normalized spacial score (nSPS) is 15.4. The molecule has 0 spiro atoms. The molecule has 0 unspecified atom stereocenters. The molecule has 1 fully saturated rings. The van der Waals surface area contributed by atoms with E-state index in [1.54, 1.807) is 12.4 Å². The van der Waals surface area contributed by atoms with Gasteiger partial charge < -0.3 is 10.1 Å². The Bertz CT molecular complexity index is 982. The van der Waals surface area contributed by atoms with E-state index >= 15 is 0 Å². The van der Waals surface area contributed by atoms with Crippen molar-refractivity contribution in [2.45, 2.75) is 25.7 Å². The summed E-state index contributed by atoms with van der Waals surface area (Å²) in [6, 6.07) is 20.3. The maximum atomic E-state index is 13.3. The predicted molar refractivity (Wildman–Crippen MR) is 124 cm³/mol. The maximum absolute atomic E-state index is 13.3. The third-order valence-electron chi connectivity index (χ3n) is 6.05. The van der Waals surface area contributed by atoms with Gasteiger partial charge in [-0.05, 0) is 72.2 Å². The first-order valence-corrected chi connectivity index (χ1v) is 11.1. The minimum atomic E-state index is -0.420. The van der Waals surface area contributed by atoms with Crippen LogP contribution in [0.15, 0.2) is 73.1 Å². The molecule has 0 bridgehead atoms. The molecule has 0 saturated carbocycles. The van der Waals surface area contributed by atoms with E-state index < -0.39 is 5.41 Å². The van der Waals surface area contributed by atoms with Crippen LogP contribution in [0.2, 0.25) is 5.02 Å². The maximum Gasteiger partial charge on any atom is 0.226 e. The van der Waals surface area contributed by atoms with E-state index in [0.29, 0.717) is 19.8 Å². The van der Waals surface area contributed by atoms with Crippen molar-refractivity contribution in [1.29, 1.82) is 0 Å². The highest BCUT2D eigenvalue weighted by Crippen LogP contribution is 2.35. The SMILES string of the molecule is O=C(NCCc1ccc(Cl)cc1)C1(Cc2ccc(-c3ccncc3)cc2)CCOCC1. The number of aromatic nitrogens is 1. The van der Waals surface area contributed by atoms with Crippen molar-refractivity contribution in [3.05, 3.63) is 89.2 Å². The highest BCUT2D eigenvalue weighted by atomic mass is 35.5. The van der Waals surface area contributed by atoms with Crippen LogP contribution < -0.4 is 5.32 Å². The molecule has 2 heterocycles. The van der Waals surface area contributed by atoms with Crippen LogP contribution in [0.3, 0.4) is 0 Å². The number of carbonyl (C=O) groups excluding carboxylic acids is 1. The van der Waals surface area contributed by atoms with Crippen molar-refractivity contribution in [3.63, 3.8) is 0 Å². The molecule has 0 radical (unpaired) electrons. The zero-order valence-corrected chi connectivity index (χ0v) is 18.3. The van der Waals surface area contributed by atoms with Crippen molar-refractivity contribution < 1.29 is 9.53 Å². The van der Waals surface area contributed by atoms with Crippen LogP contribution in [0.5, 0.6) is 0 Å². The molecule has 1 amide bonds. The lowest BCUT2D eigenvalue weighted by molar-refractivity contribution is -0.136. The van der Waals surface area contributed by atoms with Crippen LogP contribution in [-0.4, -0.2) is 30.6 Å².